The van der Waals surface area contributed by atoms with Gasteiger partial charge in [-0.1, -0.05) is 98.0 Å². The number of halogens is 3. The highest BCUT2D eigenvalue weighted by Gasteiger charge is 2.33. The van der Waals surface area contributed by atoms with E-state index in [1.54, 1.807) is 36.4 Å². The van der Waals surface area contributed by atoms with Gasteiger partial charge in [0.15, 0.2) is 17.4 Å². The van der Waals surface area contributed by atoms with Crippen molar-refractivity contribution in [1.82, 2.24) is 9.97 Å². The molecule has 5 aromatic carbocycles. The molecule has 0 spiro atoms. The van der Waals surface area contributed by atoms with E-state index in [4.69, 9.17) is 49.5 Å². The average molecular weight is 683 g/mol. The number of carbonyl (C=O) groups is 1. The van der Waals surface area contributed by atoms with E-state index in [0.717, 1.165) is 5.56 Å². The molecule has 1 aliphatic rings. The van der Waals surface area contributed by atoms with E-state index >= 15 is 0 Å². The third-order valence-corrected chi connectivity index (χ3v) is 8.86. The first-order valence-electron chi connectivity index (χ1n) is 14.6. The topological polar surface area (TPSA) is 105 Å². The quantitative estimate of drug-likeness (QED) is 0.166. The molecule has 47 heavy (non-hydrogen) atoms. The Morgan fingerprint density at radius 2 is 1.40 bits per heavy atom. The van der Waals surface area contributed by atoms with Gasteiger partial charge in [-0.2, -0.15) is 0 Å². The Kier molecular flexibility index (Phi) is 7.51. The van der Waals surface area contributed by atoms with Crippen molar-refractivity contribution in [1.29, 1.82) is 0 Å². The van der Waals surface area contributed by atoms with Crippen LogP contribution in [-0.4, -0.2) is 26.0 Å². The minimum Gasteiger partial charge on any atom is -0.507 e. The molecular formula is C37H26Cl3N3O4. The number of fused-ring (bicyclic) bond motifs is 2. The number of aromatic hydroxyl groups is 2. The molecule has 1 aromatic heterocycles. The average Bonchev–Trinajstić information content (AvgIpc) is 3.02. The lowest BCUT2D eigenvalue weighted by Crippen LogP contribution is -2.15. The summed E-state index contributed by atoms with van der Waals surface area (Å²) in [6.07, 6.45) is 0. The van der Waals surface area contributed by atoms with Gasteiger partial charge in [0.1, 0.15) is 28.3 Å². The molecule has 0 saturated heterocycles. The zero-order valence-corrected chi connectivity index (χ0v) is 27.6. The zero-order valence-electron chi connectivity index (χ0n) is 25.3. The first-order chi connectivity index (χ1) is 22.4. The van der Waals surface area contributed by atoms with Gasteiger partial charge in [-0.15, -0.1) is 0 Å². The lowest BCUT2D eigenvalue weighted by Gasteiger charge is -2.25. The van der Waals surface area contributed by atoms with Crippen molar-refractivity contribution in [2.24, 2.45) is 0 Å². The van der Waals surface area contributed by atoms with Crippen molar-refractivity contribution in [3.05, 3.63) is 117 Å². The summed E-state index contributed by atoms with van der Waals surface area (Å²) in [4.78, 5) is 24.0. The number of aromatic nitrogens is 2. The Bertz CT molecular complexity index is 2220. The third kappa shape index (κ3) is 5.40. The summed E-state index contributed by atoms with van der Waals surface area (Å²) in [6.45, 7) is 6.38. The Hall–Kier alpha value is -4.82. The fourth-order valence-electron chi connectivity index (χ4n) is 5.73. The highest BCUT2D eigenvalue weighted by Crippen LogP contribution is 2.48. The van der Waals surface area contributed by atoms with Gasteiger partial charge in [0, 0.05) is 27.6 Å². The molecule has 3 N–H and O–H groups in total. The summed E-state index contributed by atoms with van der Waals surface area (Å²) >= 11 is 19.4. The number of hydrogen-bond donors (Lipinski definition) is 3. The standard InChI is InChI=1S/C37H26Cl3N3O4/c1-37(2,3)18-11-13-20(14-12-18)47-28-17-25(41-33-23(39)15-19(38)16-24(33)40)29-31-32(21-7-4-5-8-22(21)35(29)46)42-36(43-34(28)31)30-26(44)9-6-10-27(30)45/h4-17,41,44-45H,1-3H3. The summed E-state index contributed by atoms with van der Waals surface area (Å²) in [5, 5.41) is 26.1. The number of phenolic OH excluding ortho intramolecular Hbond substituents is 2. The molecule has 0 aliphatic heterocycles. The molecule has 0 radical (unpaired) electrons. The molecule has 234 valence electrons. The van der Waals surface area contributed by atoms with Crippen LogP contribution in [0.4, 0.5) is 11.4 Å². The third-order valence-electron chi connectivity index (χ3n) is 8.05. The van der Waals surface area contributed by atoms with Gasteiger partial charge in [0.25, 0.3) is 0 Å². The number of rotatable bonds is 5. The number of ketones is 1. The molecule has 6 aromatic rings. The summed E-state index contributed by atoms with van der Waals surface area (Å²) in [7, 11) is 0. The zero-order chi connectivity index (χ0) is 33.2. The fourth-order valence-corrected chi connectivity index (χ4v) is 6.64. The van der Waals surface area contributed by atoms with Gasteiger partial charge in [0.2, 0.25) is 0 Å². The van der Waals surface area contributed by atoms with E-state index in [0.29, 0.717) is 49.9 Å². The lowest BCUT2D eigenvalue weighted by molar-refractivity contribution is 0.104. The Morgan fingerprint density at radius 3 is 2.04 bits per heavy atom. The highest BCUT2D eigenvalue weighted by molar-refractivity contribution is 6.42. The maximum Gasteiger partial charge on any atom is 0.196 e. The summed E-state index contributed by atoms with van der Waals surface area (Å²) in [6, 6.07) is 24.0. The van der Waals surface area contributed by atoms with Crippen molar-refractivity contribution in [3.63, 3.8) is 0 Å². The summed E-state index contributed by atoms with van der Waals surface area (Å²) < 4.78 is 6.52. The molecule has 0 atom stereocenters. The molecule has 1 heterocycles. The van der Waals surface area contributed by atoms with Gasteiger partial charge in [-0.05, 0) is 47.4 Å². The van der Waals surface area contributed by atoms with Gasteiger partial charge in [0.05, 0.1) is 32.7 Å². The molecular weight excluding hydrogens is 657 g/mol. The summed E-state index contributed by atoms with van der Waals surface area (Å²) in [5.74, 6) is 0.171. The first-order valence-corrected chi connectivity index (χ1v) is 15.8. The van der Waals surface area contributed by atoms with Crippen LogP contribution in [0.5, 0.6) is 23.0 Å². The van der Waals surface area contributed by atoms with Crippen LogP contribution in [0.15, 0.2) is 84.9 Å². The largest absolute Gasteiger partial charge is 0.507 e. The number of anilines is 2. The van der Waals surface area contributed by atoms with Gasteiger partial charge in [-0.3, -0.25) is 4.79 Å². The molecule has 7 nitrogen and oxygen atoms in total. The Morgan fingerprint density at radius 1 is 0.766 bits per heavy atom. The SMILES string of the molecule is CC(C)(C)c1ccc(Oc2cc(Nc3c(Cl)cc(Cl)cc3Cl)c3c4c(nc(-c5c(O)cccc5O)nc24)-c2ccccc2C3=O)cc1. The molecule has 7 rings (SSSR count). The fraction of sp³-hybridized carbons (Fsp3) is 0.108. The van der Waals surface area contributed by atoms with Crippen LogP contribution in [-0.2, 0) is 5.41 Å². The minimum atomic E-state index is -0.273. The van der Waals surface area contributed by atoms with Gasteiger partial charge in [-0.25, -0.2) is 9.97 Å². The normalized spacial score (nSPS) is 12.3. The van der Waals surface area contributed by atoms with E-state index in [1.807, 2.05) is 30.3 Å². The second-order valence-electron chi connectivity index (χ2n) is 12.2. The molecule has 10 heteroatoms. The minimum absolute atomic E-state index is 0.0454. The smallest absolute Gasteiger partial charge is 0.196 e. The number of phenols is 2. The van der Waals surface area contributed by atoms with E-state index in [2.05, 4.69) is 26.1 Å². The molecule has 0 saturated carbocycles. The Labute approximate surface area is 285 Å². The lowest BCUT2D eigenvalue weighted by atomic mass is 9.85. The molecule has 0 amide bonds. The van der Waals surface area contributed by atoms with Crippen LogP contribution in [0.1, 0.15) is 42.3 Å². The van der Waals surface area contributed by atoms with E-state index < -0.39 is 0 Å². The van der Waals surface area contributed by atoms with Crippen LogP contribution < -0.4 is 10.1 Å². The van der Waals surface area contributed by atoms with E-state index in [1.165, 1.54) is 18.2 Å². The monoisotopic (exact) mass is 681 g/mol. The van der Waals surface area contributed by atoms with Crippen molar-refractivity contribution < 1.29 is 19.7 Å². The number of carbonyl (C=O) groups excluding carboxylic acids is 1. The summed E-state index contributed by atoms with van der Waals surface area (Å²) in [5.41, 5.74) is 3.77. The van der Waals surface area contributed by atoms with Crippen LogP contribution in [0.3, 0.4) is 0 Å². The number of nitrogens with zero attached hydrogens (tertiary/aromatic N) is 2. The van der Waals surface area contributed by atoms with E-state index in [-0.39, 0.29) is 55.4 Å². The molecule has 0 bridgehead atoms. The first kappa shape index (κ1) is 30.8. The maximum absolute atomic E-state index is 14.3. The number of benzene rings is 5. The van der Waals surface area contributed by atoms with Gasteiger partial charge < -0.3 is 20.3 Å². The maximum atomic E-state index is 14.3. The molecule has 1 aliphatic carbocycles. The van der Waals surface area contributed by atoms with Crippen molar-refractivity contribution >= 4 is 62.9 Å². The molecule has 0 fully saturated rings. The van der Waals surface area contributed by atoms with Crippen molar-refractivity contribution in [2.45, 2.75) is 26.2 Å². The second kappa shape index (κ2) is 11.5. The number of hydrogen-bond acceptors (Lipinski definition) is 7. The number of nitrogens with one attached hydrogen (secondary N) is 1. The Balaban J connectivity index is 1.55. The predicted molar refractivity (Wildman–Crippen MR) is 187 cm³/mol. The van der Waals surface area contributed by atoms with Crippen LogP contribution in [0.25, 0.3) is 33.5 Å². The number of ether oxygens (including phenoxy) is 1. The van der Waals surface area contributed by atoms with Crippen molar-refractivity contribution in [3.8, 4) is 45.6 Å². The predicted octanol–water partition coefficient (Wildman–Crippen LogP) is 10.7. The van der Waals surface area contributed by atoms with Crippen LogP contribution in [0, 0.1) is 0 Å². The molecule has 0 unspecified atom stereocenters. The van der Waals surface area contributed by atoms with Crippen LogP contribution in [0.2, 0.25) is 15.1 Å². The van der Waals surface area contributed by atoms with E-state index in [9.17, 15) is 15.0 Å². The van der Waals surface area contributed by atoms with Gasteiger partial charge >= 0.3 is 0 Å². The van der Waals surface area contributed by atoms with Crippen LogP contribution >= 0.6 is 34.8 Å². The van der Waals surface area contributed by atoms with Crippen molar-refractivity contribution in [2.75, 3.05) is 5.32 Å². The highest BCUT2D eigenvalue weighted by atomic mass is 35.5. The second-order valence-corrected chi connectivity index (χ2v) is 13.5.